The van der Waals surface area contributed by atoms with Crippen LogP contribution in [0, 0.1) is 23.7 Å². The third-order valence-electron chi connectivity index (χ3n) is 10.2. The first-order chi connectivity index (χ1) is 18.7. The van der Waals surface area contributed by atoms with Gasteiger partial charge in [-0.2, -0.15) is 0 Å². The number of ketones is 1. The third-order valence-corrected chi connectivity index (χ3v) is 10.2. The van der Waals surface area contributed by atoms with E-state index in [1.54, 1.807) is 12.1 Å². The zero-order chi connectivity index (χ0) is 27.7. The maximum Gasteiger partial charge on any atom is 0.283 e. The van der Waals surface area contributed by atoms with Gasteiger partial charge >= 0.3 is 0 Å². The standard InChI is InChI=1S/C34H43F2NO2/c1-3-19-33(35,36)34(39,28-13-14-28)27-11-9-26(10-12-27)31(38)16-15-30(24-7-8-24)25-17-20-32(4-2,21-18-25)29-6-5-22-37-23-29/h3,5-6,9-12,22-25,28,30,39H,1,4,7-8,13-21H2,2H3/t25?,30?,32?,34-/m1/s1. The lowest BCUT2D eigenvalue weighted by Gasteiger charge is -2.42. The molecule has 0 amide bonds. The quantitative estimate of drug-likeness (QED) is 0.207. The number of aliphatic hydroxyl groups is 1. The highest BCUT2D eigenvalue weighted by Gasteiger charge is 2.60. The van der Waals surface area contributed by atoms with E-state index in [2.05, 4.69) is 24.6 Å². The number of carbonyl (C=O) groups is 1. The van der Waals surface area contributed by atoms with Crippen LogP contribution in [-0.2, 0) is 11.0 Å². The Morgan fingerprint density at radius 1 is 1.10 bits per heavy atom. The molecule has 3 aliphatic carbocycles. The Morgan fingerprint density at radius 3 is 2.31 bits per heavy atom. The van der Waals surface area contributed by atoms with Gasteiger partial charge in [-0.3, -0.25) is 9.78 Å². The fraction of sp³-hybridized carbons (Fsp3) is 0.588. The summed E-state index contributed by atoms with van der Waals surface area (Å²) in [6.45, 7) is 5.74. The molecule has 210 valence electrons. The maximum absolute atomic E-state index is 15.0. The van der Waals surface area contributed by atoms with Gasteiger partial charge in [-0.1, -0.05) is 43.3 Å². The molecule has 1 aromatic carbocycles. The average Bonchev–Trinajstić information content (AvgIpc) is 3.88. The Balaban J connectivity index is 1.22. The monoisotopic (exact) mass is 535 g/mol. The Kier molecular flexibility index (Phi) is 8.10. The van der Waals surface area contributed by atoms with E-state index >= 15 is 0 Å². The molecular weight excluding hydrogens is 492 g/mol. The predicted octanol–water partition coefficient (Wildman–Crippen LogP) is 8.42. The van der Waals surface area contributed by atoms with Gasteiger partial charge in [-0.05, 0) is 110 Å². The molecule has 1 heterocycles. The van der Waals surface area contributed by atoms with Crippen LogP contribution in [0.5, 0.6) is 0 Å². The molecule has 0 saturated heterocycles. The third kappa shape index (κ3) is 5.62. The molecule has 5 rings (SSSR count). The number of rotatable bonds is 13. The normalized spacial score (nSPS) is 26.0. The summed E-state index contributed by atoms with van der Waals surface area (Å²) in [5.74, 6) is -1.73. The minimum atomic E-state index is -3.30. The van der Waals surface area contributed by atoms with Crippen LogP contribution >= 0.6 is 0 Å². The number of alkyl halides is 2. The molecule has 5 heteroatoms. The summed E-state index contributed by atoms with van der Waals surface area (Å²) < 4.78 is 29.9. The van der Waals surface area contributed by atoms with Gasteiger partial charge in [0.15, 0.2) is 11.4 Å². The van der Waals surface area contributed by atoms with Gasteiger partial charge in [-0.25, -0.2) is 8.78 Å². The van der Waals surface area contributed by atoms with Crippen molar-refractivity contribution in [1.82, 2.24) is 4.98 Å². The Morgan fingerprint density at radius 2 is 1.77 bits per heavy atom. The van der Waals surface area contributed by atoms with E-state index in [9.17, 15) is 18.7 Å². The molecule has 0 aliphatic heterocycles. The molecule has 1 N–H and O–H groups in total. The summed E-state index contributed by atoms with van der Waals surface area (Å²) in [4.78, 5) is 17.6. The van der Waals surface area contributed by atoms with Crippen LogP contribution in [0.3, 0.4) is 0 Å². The van der Waals surface area contributed by atoms with E-state index in [1.807, 2.05) is 18.5 Å². The number of pyridine rings is 1. The summed E-state index contributed by atoms with van der Waals surface area (Å²) in [5, 5.41) is 11.1. The topological polar surface area (TPSA) is 50.2 Å². The average molecular weight is 536 g/mol. The predicted molar refractivity (Wildman–Crippen MR) is 151 cm³/mol. The van der Waals surface area contributed by atoms with E-state index in [4.69, 9.17) is 0 Å². The lowest BCUT2D eigenvalue weighted by atomic mass is 9.62. The minimum absolute atomic E-state index is 0.0640. The fourth-order valence-electron chi connectivity index (χ4n) is 7.46. The fourth-order valence-corrected chi connectivity index (χ4v) is 7.46. The molecule has 0 bridgehead atoms. The summed E-state index contributed by atoms with van der Waals surface area (Å²) in [5.41, 5.74) is 0.109. The highest BCUT2D eigenvalue weighted by molar-refractivity contribution is 5.96. The number of hydrogen-bond acceptors (Lipinski definition) is 3. The van der Waals surface area contributed by atoms with E-state index in [-0.39, 0.29) is 16.8 Å². The number of aromatic nitrogens is 1. The second-order valence-electron chi connectivity index (χ2n) is 12.5. The first-order valence-electron chi connectivity index (χ1n) is 15.0. The zero-order valence-electron chi connectivity index (χ0n) is 23.3. The lowest BCUT2D eigenvalue weighted by Crippen LogP contribution is -2.47. The molecular formula is C34H43F2NO2. The molecule has 1 unspecified atom stereocenters. The van der Waals surface area contributed by atoms with Crippen molar-refractivity contribution in [3.05, 3.63) is 78.1 Å². The van der Waals surface area contributed by atoms with Crippen LogP contribution in [0.1, 0.15) is 105 Å². The van der Waals surface area contributed by atoms with Crippen LogP contribution in [0.4, 0.5) is 8.78 Å². The first-order valence-corrected chi connectivity index (χ1v) is 15.0. The first kappa shape index (κ1) is 28.1. The zero-order valence-corrected chi connectivity index (χ0v) is 23.3. The summed E-state index contributed by atoms with van der Waals surface area (Å²) >= 11 is 0. The Labute approximate surface area is 232 Å². The van der Waals surface area contributed by atoms with E-state index in [1.165, 1.54) is 56.2 Å². The molecule has 39 heavy (non-hydrogen) atoms. The number of nitrogens with zero attached hydrogens (tertiary/aromatic N) is 1. The molecule has 3 nitrogen and oxygen atoms in total. The number of Topliss-reactive ketones (excluding diaryl/α,β-unsaturated/α-hetero) is 1. The molecule has 2 aromatic rings. The summed E-state index contributed by atoms with van der Waals surface area (Å²) in [7, 11) is 0. The Bertz CT molecular complexity index is 1130. The Hall–Kier alpha value is -2.40. The minimum Gasteiger partial charge on any atom is -0.379 e. The summed E-state index contributed by atoms with van der Waals surface area (Å²) in [6, 6.07) is 10.6. The van der Waals surface area contributed by atoms with Crippen molar-refractivity contribution in [2.45, 2.75) is 101 Å². The van der Waals surface area contributed by atoms with E-state index < -0.39 is 23.9 Å². The highest BCUT2D eigenvalue weighted by Crippen LogP contribution is 2.55. The number of benzene rings is 1. The molecule has 3 saturated carbocycles. The van der Waals surface area contributed by atoms with Gasteiger partial charge in [0.25, 0.3) is 5.92 Å². The maximum atomic E-state index is 15.0. The van der Waals surface area contributed by atoms with Gasteiger partial charge in [0.1, 0.15) is 0 Å². The van der Waals surface area contributed by atoms with Crippen LogP contribution in [0.15, 0.2) is 61.4 Å². The van der Waals surface area contributed by atoms with Gasteiger partial charge < -0.3 is 5.11 Å². The molecule has 0 spiro atoms. The second kappa shape index (κ2) is 11.2. The SMILES string of the molecule is C=CCC(F)(F)[C@@](O)(c1ccc(C(=O)CCC(C2CC2)C2CCC(CC)(c3cccnc3)CC2)cc1)C1CC1. The van der Waals surface area contributed by atoms with E-state index in [0.717, 1.165) is 24.8 Å². The van der Waals surface area contributed by atoms with Gasteiger partial charge in [-0.15, -0.1) is 6.58 Å². The lowest BCUT2D eigenvalue weighted by molar-refractivity contribution is -0.197. The second-order valence-corrected chi connectivity index (χ2v) is 12.5. The van der Waals surface area contributed by atoms with Crippen molar-refractivity contribution >= 4 is 5.78 Å². The number of hydrogen-bond donors (Lipinski definition) is 1. The molecule has 2 atom stereocenters. The molecule has 3 fully saturated rings. The van der Waals surface area contributed by atoms with Crippen LogP contribution < -0.4 is 0 Å². The molecule has 0 radical (unpaired) electrons. The van der Waals surface area contributed by atoms with Crippen LogP contribution in [0.25, 0.3) is 0 Å². The molecule has 1 aromatic heterocycles. The number of carbonyl (C=O) groups excluding carboxylic acids is 1. The van der Waals surface area contributed by atoms with Crippen molar-refractivity contribution < 1.29 is 18.7 Å². The van der Waals surface area contributed by atoms with Gasteiger partial charge in [0.05, 0.1) is 0 Å². The van der Waals surface area contributed by atoms with Crippen molar-refractivity contribution in [1.29, 1.82) is 0 Å². The van der Waals surface area contributed by atoms with Gasteiger partial charge in [0, 0.05) is 30.8 Å². The van der Waals surface area contributed by atoms with Gasteiger partial charge in [0.2, 0.25) is 0 Å². The largest absolute Gasteiger partial charge is 0.379 e. The van der Waals surface area contributed by atoms with Crippen molar-refractivity contribution in [2.75, 3.05) is 0 Å². The smallest absolute Gasteiger partial charge is 0.283 e. The number of allylic oxidation sites excluding steroid dienone is 1. The highest BCUT2D eigenvalue weighted by atomic mass is 19.3. The van der Waals surface area contributed by atoms with Crippen molar-refractivity contribution in [2.24, 2.45) is 23.7 Å². The summed E-state index contributed by atoms with van der Waals surface area (Å²) in [6.07, 6.45) is 15.4. The van der Waals surface area contributed by atoms with Crippen LogP contribution in [-0.4, -0.2) is 21.8 Å². The van der Waals surface area contributed by atoms with Crippen LogP contribution in [0.2, 0.25) is 0 Å². The molecule has 3 aliphatic rings. The van der Waals surface area contributed by atoms with Crippen molar-refractivity contribution in [3.8, 4) is 0 Å². The number of halogens is 2. The van der Waals surface area contributed by atoms with E-state index in [0.29, 0.717) is 36.7 Å². The van der Waals surface area contributed by atoms with Crippen molar-refractivity contribution in [3.63, 3.8) is 0 Å².